The van der Waals surface area contributed by atoms with E-state index in [4.69, 9.17) is 5.73 Å². The first kappa shape index (κ1) is 6.75. The van der Waals surface area contributed by atoms with Crippen LogP contribution in [0.4, 0.5) is 0 Å². The van der Waals surface area contributed by atoms with Gasteiger partial charge in [0.25, 0.3) is 0 Å². The van der Waals surface area contributed by atoms with E-state index in [0.29, 0.717) is 12.3 Å². The van der Waals surface area contributed by atoms with Crippen molar-refractivity contribution in [3.05, 3.63) is 0 Å². The third-order valence-electron chi connectivity index (χ3n) is 1.85. The molecular weight excluding hydrogens is 114 g/mol. The molecule has 1 saturated carbocycles. The van der Waals surface area contributed by atoms with Gasteiger partial charge in [0.2, 0.25) is 0 Å². The molecule has 9 heavy (non-hydrogen) atoms. The summed E-state index contributed by atoms with van der Waals surface area (Å²) < 4.78 is 0. The van der Waals surface area contributed by atoms with Crippen LogP contribution in [0.15, 0.2) is 0 Å². The Bertz CT molecular complexity index is 118. The Kier molecular flexibility index (Phi) is 1.86. The molecule has 0 aromatic heterocycles. The molecule has 1 fully saturated rings. The lowest BCUT2D eigenvalue weighted by Crippen LogP contribution is -2.31. The molecule has 0 radical (unpaired) electrons. The molecule has 0 amide bonds. The molecule has 2 nitrogen and oxygen atoms in total. The van der Waals surface area contributed by atoms with Crippen LogP contribution in [0.1, 0.15) is 26.2 Å². The second-order valence-corrected chi connectivity index (χ2v) is 2.68. The summed E-state index contributed by atoms with van der Waals surface area (Å²) in [6, 6.07) is -0.144. The topological polar surface area (TPSA) is 43.1 Å². The molecule has 0 bridgehead atoms. The highest BCUT2D eigenvalue weighted by Gasteiger charge is 2.31. The van der Waals surface area contributed by atoms with E-state index >= 15 is 0 Å². The van der Waals surface area contributed by atoms with Crippen molar-refractivity contribution >= 4 is 5.78 Å². The molecule has 1 aliphatic rings. The smallest absolute Gasteiger partial charge is 0.149 e. The molecule has 1 rings (SSSR count). The minimum absolute atomic E-state index is 0.144. The predicted molar refractivity (Wildman–Crippen MR) is 36.0 cm³/mol. The lowest BCUT2D eigenvalue weighted by molar-refractivity contribution is -0.120. The fourth-order valence-electron chi connectivity index (χ4n) is 0.954. The van der Waals surface area contributed by atoms with Gasteiger partial charge in [0.15, 0.2) is 0 Å². The van der Waals surface area contributed by atoms with E-state index in [-0.39, 0.29) is 11.8 Å². The monoisotopic (exact) mass is 127 g/mol. The number of ketones is 1. The van der Waals surface area contributed by atoms with Crippen LogP contribution in [-0.2, 0) is 4.79 Å². The van der Waals surface area contributed by atoms with Crippen LogP contribution in [0.3, 0.4) is 0 Å². The summed E-state index contributed by atoms with van der Waals surface area (Å²) in [5, 5.41) is 0. The number of carbonyl (C=O) groups is 1. The van der Waals surface area contributed by atoms with Crippen molar-refractivity contribution in [2.75, 3.05) is 0 Å². The van der Waals surface area contributed by atoms with Gasteiger partial charge in [0, 0.05) is 6.42 Å². The SMILES string of the molecule is CCC(=O)[C@@H](N)C1CC1. The highest BCUT2D eigenvalue weighted by molar-refractivity contribution is 5.84. The Morgan fingerprint density at radius 1 is 1.78 bits per heavy atom. The van der Waals surface area contributed by atoms with Gasteiger partial charge in [0.05, 0.1) is 6.04 Å². The van der Waals surface area contributed by atoms with Gasteiger partial charge in [-0.1, -0.05) is 6.92 Å². The van der Waals surface area contributed by atoms with E-state index in [1.165, 1.54) is 0 Å². The van der Waals surface area contributed by atoms with Crippen molar-refractivity contribution < 1.29 is 4.79 Å². The molecule has 1 aliphatic carbocycles. The summed E-state index contributed by atoms with van der Waals surface area (Å²) in [7, 11) is 0. The van der Waals surface area contributed by atoms with Gasteiger partial charge >= 0.3 is 0 Å². The summed E-state index contributed by atoms with van der Waals surface area (Å²) in [6.45, 7) is 1.87. The number of carbonyl (C=O) groups excluding carboxylic acids is 1. The quantitative estimate of drug-likeness (QED) is 0.606. The molecule has 0 aromatic carbocycles. The van der Waals surface area contributed by atoms with Crippen LogP contribution in [0.25, 0.3) is 0 Å². The summed E-state index contributed by atoms with van der Waals surface area (Å²) >= 11 is 0. The Balaban J connectivity index is 2.30. The van der Waals surface area contributed by atoms with Crippen molar-refractivity contribution in [1.29, 1.82) is 0 Å². The van der Waals surface area contributed by atoms with Crippen LogP contribution in [0, 0.1) is 5.92 Å². The summed E-state index contributed by atoms with van der Waals surface area (Å²) in [5.74, 6) is 0.745. The molecule has 0 heterocycles. The number of hydrogen-bond acceptors (Lipinski definition) is 2. The summed E-state index contributed by atoms with van der Waals surface area (Å²) in [4.78, 5) is 10.9. The van der Waals surface area contributed by atoms with E-state index in [1.807, 2.05) is 6.92 Å². The van der Waals surface area contributed by atoms with Gasteiger partial charge in [-0.2, -0.15) is 0 Å². The Hall–Kier alpha value is -0.370. The summed E-state index contributed by atoms with van der Waals surface area (Å²) in [6.07, 6.45) is 2.91. The Labute approximate surface area is 55.4 Å². The Morgan fingerprint density at radius 3 is 2.67 bits per heavy atom. The second-order valence-electron chi connectivity index (χ2n) is 2.68. The predicted octanol–water partition coefficient (Wildman–Crippen LogP) is 0.703. The van der Waals surface area contributed by atoms with Crippen molar-refractivity contribution in [3.63, 3.8) is 0 Å². The zero-order valence-electron chi connectivity index (χ0n) is 5.76. The third kappa shape index (κ3) is 1.52. The van der Waals surface area contributed by atoms with Crippen molar-refractivity contribution in [3.8, 4) is 0 Å². The molecule has 0 aromatic rings. The van der Waals surface area contributed by atoms with Gasteiger partial charge in [-0.15, -0.1) is 0 Å². The van der Waals surface area contributed by atoms with Crippen molar-refractivity contribution in [2.24, 2.45) is 11.7 Å². The van der Waals surface area contributed by atoms with Gasteiger partial charge in [-0.25, -0.2) is 0 Å². The van der Waals surface area contributed by atoms with Crippen LogP contribution >= 0.6 is 0 Å². The molecule has 0 unspecified atom stereocenters. The van der Waals surface area contributed by atoms with Gasteiger partial charge in [0.1, 0.15) is 5.78 Å². The van der Waals surface area contributed by atoms with Crippen molar-refractivity contribution in [2.45, 2.75) is 32.2 Å². The molecule has 2 heteroatoms. The Morgan fingerprint density at radius 2 is 2.33 bits per heavy atom. The molecule has 0 spiro atoms. The largest absolute Gasteiger partial charge is 0.321 e. The molecule has 2 N–H and O–H groups in total. The van der Waals surface area contributed by atoms with Gasteiger partial charge in [-0.3, -0.25) is 4.79 Å². The zero-order chi connectivity index (χ0) is 6.85. The van der Waals surface area contributed by atoms with E-state index in [1.54, 1.807) is 0 Å². The third-order valence-corrected chi connectivity index (χ3v) is 1.85. The van der Waals surface area contributed by atoms with E-state index < -0.39 is 0 Å². The van der Waals surface area contributed by atoms with Gasteiger partial charge < -0.3 is 5.73 Å². The van der Waals surface area contributed by atoms with E-state index in [9.17, 15) is 4.79 Å². The normalized spacial score (nSPS) is 21.6. The average Bonchev–Trinajstić information content (AvgIpc) is 2.66. The van der Waals surface area contributed by atoms with Crippen LogP contribution in [0.5, 0.6) is 0 Å². The molecule has 52 valence electrons. The first-order valence-corrected chi connectivity index (χ1v) is 3.54. The first-order chi connectivity index (χ1) is 4.25. The molecular formula is C7H13NO. The van der Waals surface area contributed by atoms with E-state index in [2.05, 4.69) is 0 Å². The summed E-state index contributed by atoms with van der Waals surface area (Å²) in [5.41, 5.74) is 5.58. The van der Waals surface area contributed by atoms with Crippen LogP contribution in [0.2, 0.25) is 0 Å². The minimum atomic E-state index is -0.144. The standard InChI is InChI=1S/C7H13NO/c1-2-6(9)7(8)5-3-4-5/h5,7H,2-4,8H2,1H3/t7-/m0/s1. The first-order valence-electron chi connectivity index (χ1n) is 3.54. The lowest BCUT2D eigenvalue weighted by Gasteiger charge is -2.04. The fourth-order valence-corrected chi connectivity index (χ4v) is 0.954. The highest BCUT2D eigenvalue weighted by Crippen LogP contribution is 2.32. The molecule has 1 atom stereocenters. The second kappa shape index (κ2) is 2.48. The number of Topliss-reactive ketones (excluding diaryl/α,β-unsaturated/α-hetero) is 1. The fraction of sp³-hybridized carbons (Fsp3) is 0.857. The average molecular weight is 127 g/mol. The van der Waals surface area contributed by atoms with Crippen molar-refractivity contribution in [1.82, 2.24) is 0 Å². The molecule has 0 saturated heterocycles. The number of nitrogens with two attached hydrogens (primary N) is 1. The maximum atomic E-state index is 10.9. The maximum absolute atomic E-state index is 10.9. The van der Waals surface area contributed by atoms with E-state index in [0.717, 1.165) is 12.8 Å². The number of rotatable bonds is 3. The zero-order valence-corrected chi connectivity index (χ0v) is 5.76. The maximum Gasteiger partial charge on any atom is 0.149 e. The lowest BCUT2D eigenvalue weighted by atomic mass is 10.1. The van der Waals surface area contributed by atoms with Gasteiger partial charge in [-0.05, 0) is 18.8 Å². The van der Waals surface area contributed by atoms with Crippen LogP contribution < -0.4 is 5.73 Å². The number of hydrogen-bond donors (Lipinski definition) is 1. The molecule has 0 aliphatic heterocycles. The highest BCUT2D eigenvalue weighted by atomic mass is 16.1. The minimum Gasteiger partial charge on any atom is -0.321 e. The van der Waals surface area contributed by atoms with Crippen LogP contribution in [-0.4, -0.2) is 11.8 Å².